The summed E-state index contributed by atoms with van der Waals surface area (Å²) in [5.74, 6) is 1.01. The van der Waals surface area contributed by atoms with E-state index in [1.54, 1.807) is 0 Å². The molecule has 2 heterocycles. The van der Waals surface area contributed by atoms with Gasteiger partial charge >= 0.3 is 0 Å². The van der Waals surface area contributed by atoms with Gasteiger partial charge < -0.3 is 4.74 Å². The Morgan fingerprint density at radius 2 is 1.03 bits per heavy atom. The SMILES string of the molecule is CC(CC1(OC2(CC(C)c3ccncc3)CCCC2)CCCC1)c1ccncc1. The average molecular weight is 393 g/mol. The Morgan fingerprint density at radius 1 is 0.690 bits per heavy atom. The second-order valence-corrected chi connectivity index (χ2v) is 9.65. The fourth-order valence-corrected chi connectivity index (χ4v) is 5.93. The minimum Gasteiger partial charge on any atom is -0.369 e. The molecule has 0 amide bonds. The quantitative estimate of drug-likeness (QED) is 0.495. The summed E-state index contributed by atoms with van der Waals surface area (Å²) in [6.45, 7) is 4.72. The van der Waals surface area contributed by atoms with Crippen molar-refractivity contribution in [2.75, 3.05) is 0 Å². The molecule has 3 nitrogen and oxygen atoms in total. The largest absolute Gasteiger partial charge is 0.369 e. The molecule has 0 aliphatic heterocycles. The summed E-state index contributed by atoms with van der Waals surface area (Å²) < 4.78 is 7.30. The highest BCUT2D eigenvalue weighted by Gasteiger charge is 2.46. The van der Waals surface area contributed by atoms with E-state index in [1.165, 1.54) is 62.5 Å². The first-order valence-electron chi connectivity index (χ1n) is 11.6. The van der Waals surface area contributed by atoms with E-state index in [0.717, 1.165) is 12.8 Å². The van der Waals surface area contributed by atoms with Gasteiger partial charge in [0.15, 0.2) is 0 Å². The van der Waals surface area contributed by atoms with Crippen LogP contribution in [0, 0.1) is 0 Å². The summed E-state index contributed by atoms with van der Waals surface area (Å²) in [7, 11) is 0. The first-order valence-corrected chi connectivity index (χ1v) is 11.6. The Labute approximate surface area is 176 Å². The third-order valence-electron chi connectivity index (χ3n) is 7.37. The first kappa shape index (κ1) is 20.5. The number of hydrogen-bond donors (Lipinski definition) is 0. The molecule has 156 valence electrons. The van der Waals surface area contributed by atoms with Crippen LogP contribution < -0.4 is 0 Å². The first-order chi connectivity index (χ1) is 14.1. The molecule has 2 unspecified atom stereocenters. The fraction of sp³-hybridized carbons (Fsp3) is 0.615. The molecule has 2 aliphatic carbocycles. The van der Waals surface area contributed by atoms with Gasteiger partial charge in [-0.25, -0.2) is 0 Å². The number of hydrogen-bond acceptors (Lipinski definition) is 3. The van der Waals surface area contributed by atoms with Crippen LogP contribution in [0.25, 0.3) is 0 Å². The summed E-state index contributed by atoms with van der Waals surface area (Å²) in [4.78, 5) is 8.39. The number of aromatic nitrogens is 2. The second-order valence-electron chi connectivity index (χ2n) is 9.65. The molecule has 0 N–H and O–H groups in total. The maximum absolute atomic E-state index is 7.30. The lowest BCUT2D eigenvalue weighted by molar-refractivity contribution is -0.162. The van der Waals surface area contributed by atoms with Crippen molar-refractivity contribution in [1.82, 2.24) is 9.97 Å². The van der Waals surface area contributed by atoms with Crippen molar-refractivity contribution in [2.45, 2.75) is 101 Å². The summed E-state index contributed by atoms with van der Waals surface area (Å²) in [6, 6.07) is 8.68. The molecule has 0 radical (unpaired) electrons. The van der Waals surface area contributed by atoms with Gasteiger partial charge in [-0.2, -0.15) is 0 Å². The van der Waals surface area contributed by atoms with Crippen LogP contribution >= 0.6 is 0 Å². The predicted molar refractivity (Wildman–Crippen MR) is 118 cm³/mol. The molecule has 2 saturated carbocycles. The minimum atomic E-state index is 0.0466. The monoisotopic (exact) mass is 392 g/mol. The van der Waals surface area contributed by atoms with Crippen LogP contribution in [0.2, 0.25) is 0 Å². The Bertz CT molecular complexity index is 683. The molecule has 2 atom stereocenters. The Morgan fingerprint density at radius 3 is 1.38 bits per heavy atom. The van der Waals surface area contributed by atoms with E-state index in [9.17, 15) is 0 Å². The van der Waals surface area contributed by atoms with E-state index in [-0.39, 0.29) is 11.2 Å². The molecule has 29 heavy (non-hydrogen) atoms. The van der Waals surface area contributed by atoms with Crippen molar-refractivity contribution < 1.29 is 4.74 Å². The standard InChI is InChI=1S/C26H36N2O/c1-21(23-7-15-27-16-8-23)19-25(11-3-4-12-25)29-26(13-5-6-14-26)20-22(2)24-9-17-28-18-10-24/h7-10,15-18,21-22H,3-6,11-14,19-20H2,1-2H3. The van der Waals surface area contributed by atoms with Gasteiger partial charge in [0.25, 0.3) is 0 Å². The smallest absolute Gasteiger partial charge is 0.0695 e. The van der Waals surface area contributed by atoms with Gasteiger partial charge in [-0.1, -0.05) is 39.5 Å². The van der Waals surface area contributed by atoms with Gasteiger partial charge in [0, 0.05) is 24.8 Å². The molecule has 2 fully saturated rings. The van der Waals surface area contributed by atoms with E-state index < -0.39 is 0 Å². The Kier molecular flexibility index (Phi) is 6.34. The Balaban J connectivity index is 1.51. The predicted octanol–water partition coefficient (Wildman–Crippen LogP) is 6.81. The third-order valence-corrected chi connectivity index (χ3v) is 7.37. The zero-order valence-corrected chi connectivity index (χ0v) is 18.1. The molecule has 0 saturated heterocycles. The lowest BCUT2D eigenvalue weighted by atomic mass is 9.82. The molecule has 4 rings (SSSR count). The van der Waals surface area contributed by atoms with E-state index in [0.29, 0.717) is 11.8 Å². The molecular weight excluding hydrogens is 356 g/mol. The van der Waals surface area contributed by atoms with Crippen molar-refractivity contribution >= 4 is 0 Å². The molecule has 0 bridgehead atoms. The molecule has 2 aromatic heterocycles. The highest BCUT2D eigenvalue weighted by Crippen LogP contribution is 2.49. The van der Waals surface area contributed by atoms with Crippen LogP contribution in [0.4, 0.5) is 0 Å². The van der Waals surface area contributed by atoms with Crippen LogP contribution in [0.3, 0.4) is 0 Å². The van der Waals surface area contributed by atoms with E-state index in [2.05, 4.69) is 48.1 Å². The second kappa shape index (κ2) is 8.95. The normalized spacial score (nSPS) is 22.4. The van der Waals surface area contributed by atoms with Crippen LogP contribution in [0.1, 0.15) is 101 Å². The summed E-state index contributed by atoms with van der Waals surface area (Å²) in [6.07, 6.45) is 20.0. The molecule has 0 aromatic carbocycles. The van der Waals surface area contributed by atoms with Crippen molar-refractivity contribution in [1.29, 1.82) is 0 Å². The molecule has 3 heteroatoms. The van der Waals surface area contributed by atoms with Crippen molar-refractivity contribution in [2.24, 2.45) is 0 Å². The minimum absolute atomic E-state index is 0.0466. The van der Waals surface area contributed by atoms with Gasteiger partial charge in [0.2, 0.25) is 0 Å². The highest BCUT2D eigenvalue weighted by atomic mass is 16.5. The van der Waals surface area contributed by atoms with Gasteiger partial charge in [0.1, 0.15) is 0 Å². The molecule has 2 aliphatic rings. The highest BCUT2D eigenvalue weighted by molar-refractivity contribution is 5.17. The maximum atomic E-state index is 7.30. The fourth-order valence-electron chi connectivity index (χ4n) is 5.93. The van der Waals surface area contributed by atoms with Crippen LogP contribution in [0.15, 0.2) is 49.1 Å². The van der Waals surface area contributed by atoms with Crippen molar-refractivity contribution in [3.63, 3.8) is 0 Å². The number of rotatable bonds is 8. The van der Waals surface area contributed by atoms with Gasteiger partial charge in [-0.15, -0.1) is 0 Å². The average Bonchev–Trinajstić information content (AvgIpc) is 3.39. The van der Waals surface area contributed by atoms with Gasteiger partial charge in [0.05, 0.1) is 11.2 Å². The lowest BCUT2D eigenvalue weighted by Crippen LogP contribution is -2.43. The zero-order chi connectivity index (χ0) is 20.2. The number of ether oxygens (including phenoxy) is 1. The van der Waals surface area contributed by atoms with Gasteiger partial charge in [-0.3, -0.25) is 9.97 Å². The van der Waals surface area contributed by atoms with Crippen LogP contribution in [-0.2, 0) is 4.74 Å². The maximum Gasteiger partial charge on any atom is 0.0695 e. The summed E-state index contributed by atoms with van der Waals surface area (Å²) in [5.41, 5.74) is 2.87. The molecule has 0 spiro atoms. The van der Waals surface area contributed by atoms with E-state index in [4.69, 9.17) is 4.74 Å². The third kappa shape index (κ3) is 4.88. The van der Waals surface area contributed by atoms with Gasteiger partial charge in [-0.05, 0) is 85.8 Å². The van der Waals surface area contributed by atoms with Crippen molar-refractivity contribution in [3.8, 4) is 0 Å². The molecular formula is C26H36N2O. The van der Waals surface area contributed by atoms with E-state index >= 15 is 0 Å². The number of pyridine rings is 2. The van der Waals surface area contributed by atoms with Crippen molar-refractivity contribution in [3.05, 3.63) is 60.2 Å². The lowest BCUT2D eigenvalue weighted by Gasteiger charge is -2.43. The topological polar surface area (TPSA) is 35.0 Å². The number of nitrogens with zero attached hydrogens (tertiary/aromatic N) is 2. The molecule has 2 aromatic rings. The zero-order valence-electron chi connectivity index (χ0n) is 18.1. The van der Waals surface area contributed by atoms with E-state index in [1.807, 2.05) is 24.8 Å². The van der Waals surface area contributed by atoms with Crippen LogP contribution in [0.5, 0.6) is 0 Å². The van der Waals surface area contributed by atoms with Crippen LogP contribution in [-0.4, -0.2) is 21.2 Å². The summed E-state index contributed by atoms with van der Waals surface area (Å²) in [5, 5.41) is 0. The Hall–Kier alpha value is -1.74. The summed E-state index contributed by atoms with van der Waals surface area (Å²) >= 11 is 0.